The molecule has 0 saturated carbocycles. The number of carbonyl (C=O) groups excluding carboxylic acids is 4. The van der Waals surface area contributed by atoms with Gasteiger partial charge in [-0.3, -0.25) is 5.26 Å². The van der Waals surface area contributed by atoms with Crippen LogP contribution in [-0.4, -0.2) is 66.6 Å². The first-order valence-electron chi connectivity index (χ1n) is 11.9. The summed E-state index contributed by atoms with van der Waals surface area (Å²) in [5.41, 5.74) is -0.174. The molecule has 0 spiro atoms. The summed E-state index contributed by atoms with van der Waals surface area (Å²) in [6, 6.07) is 7.66. The lowest BCUT2D eigenvalue weighted by Crippen LogP contribution is -2.16. The molecule has 2 aromatic rings. The van der Waals surface area contributed by atoms with E-state index in [4.69, 9.17) is 28.9 Å². The number of aromatic carboxylic acids is 1. The molecule has 2 rings (SSSR count). The molecule has 0 aliphatic carbocycles. The van der Waals surface area contributed by atoms with Crippen molar-refractivity contribution in [2.75, 3.05) is 26.4 Å². The Labute approximate surface area is 234 Å². The fourth-order valence-corrected chi connectivity index (χ4v) is 3.02. The molecule has 2 N–H and O–H groups in total. The van der Waals surface area contributed by atoms with Crippen molar-refractivity contribution in [1.82, 2.24) is 0 Å². The Bertz CT molecular complexity index is 1340. The van der Waals surface area contributed by atoms with Crippen molar-refractivity contribution in [3.05, 3.63) is 83.0 Å². The Morgan fingerprint density at radius 2 is 1.15 bits per heavy atom. The van der Waals surface area contributed by atoms with E-state index in [1.807, 2.05) is 0 Å². The molecule has 0 aliphatic heterocycles. The van der Waals surface area contributed by atoms with E-state index in [-0.39, 0.29) is 77.9 Å². The van der Waals surface area contributed by atoms with E-state index in [0.29, 0.717) is 0 Å². The third-order valence-corrected chi connectivity index (χ3v) is 4.99. The van der Waals surface area contributed by atoms with Crippen LogP contribution in [0.1, 0.15) is 50.5 Å². The van der Waals surface area contributed by atoms with Crippen LogP contribution in [0.15, 0.2) is 60.7 Å². The van der Waals surface area contributed by atoms with Gasteiger partial charge in [-0.1, -0.05) is 19.2 Å². The molecular formula is C28H28O13. The number of rotatable bonds is 15. The van der Waals surface area contributed by atoms with Gasteiger partial charge in [-0.2, -0.15) is 0 Å². The quantitative estimate of drug-likeness (QED) is 0.0787. The van der Waals surface area contributed by atoms with Crippen molar-refractivity contribution in [1.29, 1.82) is 0 Å². The minimum Gasteiger partial charge on any atom is -0.478 e. The molecule has 218 valence electrons. The summed E-state index contributed by atoms with van der Waals surface area (Å²) >= 11 is 0. The highest BCUT2D eigenvalue weighted by Gasteiger charge is 2.21. The number of carboxylic acids is 1. The van der Waals surface area contributed by atoms with Gasteiger partial charge in [0.15, 0.2) is 0 Å². The van der Waals surface area contributed by atoms with Crippen LogP contribution in [0.5, 0.6) is 11.5 Å². The minimum atomic E-state index is -1.40. The zero-order valence-corrected chi connectivity index (χ0v) is 22.3. The van der Waals surface area contributed by atoms with E-state index in [2.05, 4.69) is 18.0 Å². The predicted molar refractivity (Wildman–Crippen MR) is 139 cm³/mol. The molecule has 0 saturated heterocycles. The van der Waals surface area contributed by atoms with Crippen LogP contribution >= 0.6 is 0 Å². The van der Waals surface area contributed by atoms with Crippen LogP contribution < -0.4 is 4.74 Å². The molecule has 41 heavy (non-hydrogen) atoms. The van der Waals surface area contributed by atoms with Gasteiger partial charge in [0.2, 0.25) is 0 Å². The number of carbonyl (C=O) groups is 5. The largest absolute Gasteiger partial charge is 0.478 e. The maximum Gasteiger partial charge on any atom is 0.339 e. The third-order valence-electron chi connectivity index (χ3n) is 4.99. The molecule has 13 heteroatoms. The number of hydrogen-bond donors (Lipinski definition) is 2. The average Bonchev–Trinajstić information content (AvgIpc) is 2.93. The van der Waals surface area contributed by atoms with Crippen LogP contribution in [0, 0.1) is 0 Å². The van der Waals surface area contributed by atoms with Crippen LogP contribution in [0.25, 0.3) is 0 Å². The first kappa shape index (κ1) is 32.2. The van der Waals surface area contributed by atoms with Gasteiger partial charge in [0.05, 0.1) is 16.7 Å². The predicted octanol–water partition coefficient (Wildman–Crippen LogP) is 3.72. The second kappa shape index (κ2) is 15.5. The number of hydrogen-bond acceptors (Lipinski definition) is 12. The summed E-state index contributed by atoms with van der Waals surface area (Å²) in [4.78, 5) is 63.9. The molecule has 0 aliphatic rings. The fraction of sp³-hybridized carbons (Fsp3) is 0.250. The first-order valence-corrected chi connectivity index (χ1v) is 11.9. The fourth-order valence-electron chi connectivity index (χ4n) is 3.02. The molecule has 0 heterocycles. The summed E-state index contributed by atoms with van der Waals surface area (Å²) < 4.78 is 25.6. The van der Waals surface area contributed by atoms with Crippen LogP contribution in [-0.2, 0) is 40.0 Å². The van der Waals surface area contributed by atoms with E-state index < -0.39 is 29.8 Å². The molecule has 0 unspecified atom stereocenters. The van der Waals surface area contributed by atoms with Crippen LogP contribution in [0.3, 0.4) is 0 Å². The average molecular weight is 573 g/mol. The van der Waals surface area contributed by atoms with Crippen molar-refractivity contribution < 1.29 is 62.9 Å². The van der Waals surface area contributed by atoms with Crippen LogP contribution in [0.4, 0.5) is 0 Å². The maximum absolute atomic E-state index is 12.7. The van der Waals surface area contributed by atoms with Gasteiger partial charge in [0, 0.05) is 11.1 Å². The smallest absolute Gasteiger partial charge is 0.339 e. The summed E-state index contributed by atoms with van der Waals surface area (Å²) in [6.07, 6.45) is 0. The van der Waals surface area contributed by atoms with E-state index in [1.54, 1.807) is 0 Å². The Morgan fingerprint density at radius 1 is 0.683 bits per heavy atom. The Kier molecular flexibility index (Phi) is 12.2. The van der Waals surface area contributed by atoms with Gasteiger partial charge in [0.25, 0.3) is 0 Å². The summed E-state index contributed by atoms with van der Waals surface area (Å²) in [6.45, 7) is 8.33. The molecule has 0 bridgehead atoms. The molecule has 13 nitrogen and oxygen atoms in total. The number of ether oxygens (including phenoxy) is 5. The van der Waals surface area contributed by atoms with Crippen molar-refractivity contribution >= 4 is 29.8 Å². The summed E-state index contributed by atoms with van der Waals surface area (Å²) in [7, 11) is 0. The van der Waals surface area contributed by atoms with Crippen molar-refractivity contribution in [2.24, 2.45) is 0 Å². The SMILES string of the molecule is C=C(C)C(=O)OCCOC(=O)c1cc(Oc2ccc(C(=O)O)c(C(=O)OCCOC(=O)C(=C)C)c2)ccc1COO. The van der Waals surface area contributed by atoms with Gasteiger partial charge < -0.3 is 28.8 Å². The lowest BCUT2D eigenvalue weighted by molar-refractivity contribution is -0.253. The minimum absolute atomic E-state index is 0.0212. The van der Waals surface area contributed by atoms with E-state index in [0.717, 1.165) is 12.1 Å². The number of carboxylic acid groups (broad SMARTS) is 1. The number of benzene rings is 2. The number of esters is 4. The highest BCUT2D eigenvalue weighted by molar-refractivity contribution is 6.02. The molecule has 0 fully saturated rings. The van der Waals surface area contributed by atoms with Crippen molar-refractivity contribution in [3.8, 4) is 11.5 Å². The van der Waals surface area contributed by atoms with Gasteiger partial charge in [0.1, 0.15) is 44.5 Å². The van der Waals surface area contributed by atoms with Gasteiger partial charge in [-0.25, -0.2) is 28.9 Å². The summed E-state index contributed by atoms with van der Waals surface area (Å²) in [5, 5.41) is 18.4. The Balaban J connectivity index is 2.18. The molecular weight excluding hydrogens is 544 g/mol. The van der Waals surface area contributed by atoms with E-state index in [9.17, 15) is 29.1 Å². The highest BCUT2D eigenvalue weighted by Crippen LogP contribution is 2.27. The zero-order chi connectivity index (χ0) is 30.5. The Hall–Kier alpha value is -5.01. The molecule has 0 aromatic heterocycles. The molecule has 2 aromatic carbocycles. The van der Waals surface area contributed by atoms with Gasteiger partial charge in [-0.15, -0.1) is 0 Å². The highest BCUT2D eigenvalue weighted by atomic mass is 17.1. The van der Waals surface area contributed by atoms with E-state index in [1.165, 1.54) is 38.1 Å². The lowest BCUT2D eigenvalue weighted by atomic mass is 10.1. The maximum atomic E-state index is 12.7. The normalized spacial score (nSPS) is 10.2. The van der Waals surface area contributed by atoms with Gasteiger partial charge in [-0.05, 0) is 49.7 Å². The van der Waals surface area contributed by atoms with Crippen molar-refractivity contribution in [2.45, 2.75) is 20.5 Å². The standard InChI is InChI=1S/C28H28O13/c1-16(2)25(31)36-9-11-38-27(33)22-13-19(6-5-18(22)15-40-35)41-20-7-8-21(24(29)30)23(14-20)28(34)39-12-10-37-26(32)17(3)4/h5-8,13-14,35H,1,3,9-12,15H2,2,4H3,(H,29,30). The molecule has 0 radical (unpaired) electrons. The lowest BCUT2D eigenvalue weighted by Gasteiger charge is -2.13. The monoisotopic (exact) mass is 572 g/mol. The zero-order valence-electron chi connectivity index (χ0n) is 22.3. The van der Waals surface area contributed by atoms with Crippen molar-refractivity contribution in [3.63, 3.8) is 0 Å². The second-order valence-corrected chi connectivity index (χ2v) is 8.31. The Morgan fingerprint density at radius 3 is 1.63 bits per heavy atom. The van der Waals surface area contributed by atoms with Crippen LogP contribution in [0.2, 0.25) is 0 Å². The topological polar surface area (TPSA) is 181 Å². The third kappa shape index (κ3) is 9.91. The van der Waals surface area contributed by atoms with E-state index >= 15 is 0 Å². The first-order chi connectivity index (χ1) is 19.4. The summed E-state index contributed by atoms with van der Waals surface area (Å²) in [5.74, 6) is -4.46. The van der Waals surface area contributed by atoms with Gasteiger partial charge >= 0.3 is 29.8 Å². The second-order valence-electron chi connectivity index (χ2n) is 8.31. The molecule has 0 atom stereocenters. The molecule has 0 amide bonds.